The number of benzene rings is 2. The molecule has 0 atom stereocenters. The van der Waals surface area contributed by atoms with E-state index in [2.05, 4.69) is 4.90 Å². The van der Waals surface area contributed by atoms with E-state index in [1.54, 1.807) is 12.1 Å². The molecule has 6 heteroatoms. The Balaban J connectivity index is 1.26. The largest absolute Gasteiger partial charge is 0.334 e. The predicted molar refractivity (Wildman–Crippen MR) is 107 cm³/mol. The number of carbonyl (C=O) groups excluding carboxylic acids is 1. The van der Waals surface area contributed by atoms with Gasteiger partial charge in [-0.2, -0.15) is 0 Å². The molecule has 2 heterocycles. The molecule has 4 rings (SSSR count). The Bertz CT molecular complexity index is 875. The second-order valence-electron chi connectivity index (χ2n) is 7.76. The molecule has 2 aliphatic heterocycles. The number of likely N-dealkylation sites (tertiary alicyclic amines) is 1. The minimum atomic E-state index is -0.299. The number of hydrogen-bond acceptors (Lipinski definition) is 4. The number of amides is 1. The number of para-hydroxylation sites is 1. The van der Waals surface area contributed by atoms with Gasteiger partial charge in [0.1, 0.15) is 0 Å². The number of rotatable bonds is 6. The minimum absolute atomic E-state index is 0.161. The van der Waals surface area contributed by atoms with Crippen molar-refractivity contribution >= 4 is 11.6 Å². The molecule has 0 spiro atoms. The molecule has 0 unspecified atom stereocenters. The van der Waals surface area contributed by atoms with Crippen LogP contribution in [-0.2, 0) is 13.0 Å². The molecule has 2 aromatic carbocycles. The number of hydrogen-bond donors (Lipinski definition) is 0. The third-order valence-corrected chi connectivity index (χ3v) is 5.97. The fraction of sp³-hybridized carbons (Fsp3) is 0.409. The van der Waals surface area contributed by atoms with Crippen LogP contribution < -0.4 is 0 Å². The third-order valence-electron chi connectivity index (χ3n) is 5.97. The summed E-state index contributed by atoms with van der Waals surface area (Å²) in [6.45, 7) is 4.37. The number of piperidine rings is 1. The van der Waals surface area contributed by atoms with Gasteiger partial charge in [0.2, 0.25) is 0 Å². The van der Waals surface area contributed by atoms with Gasteiger partial charge < -0.3 is 9.80 Å². The highest BCUT2D eigenvalue weighted by Gasteiger charge is 2.30. The van der Waals surface area contributed by atoms with Crippen molar-refractivity contribution in [2.75, 3.05) is 26.2 Å². The standard InChI is InChI=1S/C22H25N3O3/c26-22-20-7-3-1-6-19(20)16-24(22)15-17-9-12-23(13-10-17)14-11-18-5-2-4-8-21(18)25(27)28/h1-8,17H,9-16H2. The summed E-state index contributed by atoms with van der Waals surface area (Å²) in [4.78, 5) is 27.8. The smallest absolute Gasteiger partial charge is 0.272 e. The summed E-state index contributed by atoms with van der Waals surface area (Å²) >= 11 is 0. The summed E-state index contributed by atoms with van der Waals surface area (Å²) in [7, 11) is 0. The van der Waals surface area contributed by atoms with Crippen LogP contribution in [0, 0.1) is 16.0 Å². The maximum atomic E-state index is 12.5. The Hall–Kier alpha value is -2.73. The first kappa shape index (κ1) is 18.6. The summed E-state index contributed by atoms with van der Waals surface area (Å²) in [6, 6.07) is 14.9. The lowest BCUT2D eigenvalue weighted by Gasteiger charge is -2.33. The van der Waals surface area contributed by atoms with Crippen molar-refractivity contribution in [1.82, 2.24) is 9.80 Å². The molecule has 146 valence electrons. The lowest BCUT2D eigenvalue weighted by atomic mass is 9.96. The fourth-order valence-corrected chi connectivity index (χ4v) is 4.35. The van der Waals surface area contributed by atoms with E-state index in [0.29, 0.717) is 12.3 Å². The van der Waals surface area contributed by atoms with Gasteiger partial charge >= 0.3 is 0 Å². The summed E-state index contributed by atoms with van der Waals surface area (Å²) in [5.41, 5.74) is 3.00. The first-order valence-corrected chi connectivity index (χ1v) is 9.93. The normalized spacial score (nSPS) is 17.7. The average Bonchev–Trinajstić information content (AvgIpc) is 3.03. The average molecular weight is 379 g/mol. The van der Waals surface area contributed by atoms with E-state index < -0.39 is 0 Å². The zero-order valence-corrected chi connectivity index (χ0v) is 15.9. The van der Waals surface area contributed by atoms with Crippen LogP contribution in [0.2, 0.25) is 0 Å². The van der Waals surface area contributed by atoms with Crippen molar-refractivity contribution in [1.29, 1.82) is 0 Å². The maximum absolute atomic E-state index is 12.5. The first-order valence-electron chi connectivity index (χ1n) is 9.93. The highest BCUT2D eigenvalue weighted by atomic mass is 16.6. The lowest BCUT2D eigenvalue weighted by molar-refractivity contribution is -0.385. The Labute approximate surface area is 164 Å². The molecule has 28 heavy (non-hydrogen) atoms. The molecule has 0 aromatic heterocycles. The molecule has 1 fully saturated rings. The molecule has 6 nitrogen and oxygen atoms in total. The van der Waals surface area contributed by atoms with Gasteiger partial charge in [-0.1, -0.05) is 36.4 Å². The molecule has 1 saturated heterocycles. The van der Waals surface area contributed by atoms with Gasteiger partial charge in [-0.3, -0.25) is 14.9 Å². The van der Waals surface area contributed by atoms with Crippen molar-refractivity contribution in [2.24, 2.45) is 5.92 Å². The van der Waals surface area contributed by atoms with Crippen molar-refractivity contribution in [2.45, 2.75) is 25.8 Å². The van der Waals surface area contributed by atoms with Crippen LogP contribution in [0.25, 0.3) is 0 Å². The minimum Gasteiger partial charge on any atom is -0.334 e. The maximum Gasteiger partial charge on any atom is 0.272 e. The zero-order chi connectivity index (χ0) is 19.5. The van der Waals surface area contributed by atoms with Gasteiger partial charge in [0.05, 0.1) is 4.92 Å². The topological polar surface area (TPSA) is 66.7 Å². The summed E-state index contributed by atoms with van der Waals surface area (Å²) in [5.74, 6) is 0.690. The van der Waals surface area contributed by atoms with E-state index >= 15 is 0 Å². The molecule has 0 saturated carbocycles. The number of nitro groups is 1. The second kappa shape index (κ2) is 8.10. The van der Waals surface area contributed by atoms with Crippen molar-refractivity contribution in [3.63, 3.8) is 0 Å². The summed E-state index contributed by atoms with van der Waals surface area (Å²) in [6.07, 6.45) is 2.83. The van der Waals surface area contributed by atoms with Crippen LogP contribution in [0.3, 0.4) is 0 Å². The SMILES string of the molecule is O=C1c2ccccc2CN1CC1CCN(CCc2ccccc2[N+](=O)[O-])CC1. The molecule has 0 radical (unpaired) electrons. The molecular weight excluding hydrogens is 354 g/mol. The monoisotopic (exact) mass is 379 g/mol. The van der Waals surface area contributed by atoms with E-state index in [0.717, 1.165) is 62.3 Å². The highest BCUT2D eigenvalue weighted by Crippen LogP contribution is 2.26. The van der Waals surface area contributed by atoms with Gasteiger partial charge in [-0.05, 0) is 49.9 Å². The molecule has 0 aliphatic carbocycles. The zero-order valence-electron chi connectivity index (χ0n) is 15.9. The van der Waals surface area contributed by atoms with Gasteiger partial charge in [0.15, 0.2) is 0 Å². The van der Waals surface area contributed by atoms with Crippen LogP contribution in [0.5, 0.6) is 0 Å². The molecule has 2 aromatic rings. The van der Waals surface area contributed by atoms with Gasteiger partial charge in [-0.15, -0.1) is 0 Å². The molecule has 2 aliphatic rings. The van der Waals surface area contributed by atoms with Crippen molar-refractivity contribution in [3.8, 4) is 0 Å². The van der Waals surface area contributed by atoms with Gasteiger partial charge in [0, 0.05) is 36.8 Å². The highest BCUT2D eigenvalue weighted by molar-refractivity contribution is 5.98. The van der Waals surface area contributed by atoms with E-state index in [9.17, 15) is 14.9 Å². The predicted octanol–water partition coefficient (Wildman–Crippen LogP) is 3.51. The Morgan fingerprint density at radius 1 is 1.04 bits per heavy atom. The van der Waals surface area contributed by atoms with Crippen LogP contribution >= 0.6 is 0 Å². The van der Waals surface area contributed by atoms with Gasteiger partial charge in [-0.25, -0.2) is 0 Å². The molecule has 0 bridgehead atoms. The van der Waals surface area contributed by atoms with E-state index in [4.69, 9.17) is 0 Å². The Morgan fingerprint density at radius 3 is 2.50 bits per heavy atom. The number of nitrogens with zero attached hydrogens (tertiary/aromatic N) is 3. The lowest BCUT2D eigenvalue weighted by Crippen LogP contribution is -2.39. The second-order valence-corrected chi connectivity index (χ2v) is 7.76. The molecule has 1 amide bonds. The van der Waals surface area contributed by atoms with Crippen LogP contribution in [0.4, 0.5) is 5.69 Å². The van der Waals surface area contributed by atoms with Crippen LogP contribution in [0.15, 0.2) is 48.5 Å². The van der Waals surface area contributed by atoms with Crippen LogP contribution in [-0.4, -0.2) is 46.8 Å². The quantitative estimate of drug-likeness (QED) is 0.569. The van der Waals surface area contributed by atoms with Crippen LogP contribution in [0.1, 0.15) is 34.3 Å². The van der Waals surface area contributed by atoms with E-state index in [-0.39, 0.29) is 16.5 Å². The fourth-order valence-electron chi connectivity index (χ4n) is 4.35. The molecule has 0 N–H and O–H groups in total. The Kier molecular flexibility index (Phi) is 5.39. The Morgan fingerprint density at radius 2 is 1.75 bits per heavy atom. The van der Waals surface area contributed by atoms with Gasteiger partial charge in [0.25, 0.3) is 11.6 Å². The number of carbonyl (C=O) groups is 1. The molecular formula is C22H25N3O3. The third kappa shape index (κ3) is 3.92. The van der Waals surface area contributed by atoms with E-state index in [1.165, 1.54) is 0 Å². The summed E-state index contributed by atoms with van der Waals surface area (Å²) in [5, 5.41) is 11.1. The van der Waals surface area contributed by atoms with Crippen molar-refractivity contribution in [3.05, 3.63) is 75.3 Å². The number of nitro benzene ring substituents is 1. The summed E-state index contributed by atoms with van der Waals surface area (Å²) < 4.78 is 0. The van der Waals surface area contributed by atoms with Crippen molar-refractivity contribution < 1.29 is 9.72 Å². The van der Waals surface area contributed by atoms with E-state index in [1.807, 2.05) is 41.3 Å². The first-order chi connectivity index (χ1) is 13.6. The number of fused-ring (bicyclic) bond motifs is 1.